The molecule has 1 aliphatic rings. The molecule has 0 aromatic rings. The van der Waals surface area contributed by atoms with Gasteiger partial charge in [-0.1, -0.05) is 19.3 Å². The molecule has 0 bridgehead atoms. The molecular weight excluding hydrogens is 168 g/mol. The predicted octanol–water partition coefficient (Wildman–Crippen LogP) is 1.95. The van der Waals surface area contributed by atoms with Crippen LogP contribution in [0.25, 0.3) is 0 Å². The van der Waals surface area contributed by atoms with Crippen molar-refractivity contribution in [3.63, 3.8) is 0 Å². The Balaban J connectivity index is 2.05. The number of hydrogen-bond acceptors (Lipinski definition) is 2. The fourth-order valence-electron chi connectivity index (χ4n) is 1.57. The van der Waals surface area contributed by atoms with Crippen molar-refractivity contribution in [1.29, 1.82) is 0 Å². The first-order valence-electron chi connectivity index (χ1n) is 4.97. The molecule has 72 valence electrons. The van der Waals surface area contributed by atoms with Crippen molar-refractivity contribution in [2.75, 3.05) is 13.7 Å². The molecule has 1 unspecified atom stereocenters. The molecule has 1 fully saturated rings. The maximum Gasteiger partial charge on any atom is 0.177 e. The minimum absolute atomic E-state index is 0.277. The Hall–Kier alpha value is 0.137. The number of rotatable bonds is 4. The van der Waals surface area contributed by atoms with Crippen molar-refractivity contribution in [2.45, 2.75) is 44.4 Å². The first-order chi connectivity index (χ1) is 5.83. The fourth-order valence-corrected chi connectivity index (χ4v) is 4.22. The third-order valence-electron chi connectivity index (χ3n) is 2.52. The quantitative estimate of drug-likeness (QED) is 0.628. The van der Waals surface area contributed by atoms with Crippen LogP contribution in [-0.2, 0) is 9.16 Å². The number of ether oxygens (including phenoxy) is 1. The van der Waals surface area contributed by atoms with Crippen LogP contribution in [0.5, 0.6) is 0 Å². The summed E-state index contributed by atoms with van der Waals surface area (Å²) < 4.78 is 11.0. The summed E-state index contributed by atoms with van der Waals surface area (Å²) in [6, 6.07) is 2.77. The van der Waals surface area contributed by atoms with Crippen LogP contribution in [0.2, 0.25) is 12.1 Å². The Labute approximate surface area is 77.0 Å². The van der Waals surface area contributed by atoms with Crippen molar-refractivity contribution in [2.24, 2.45) is 0 Å². The highest BCUT2D eigenvalue weighted by Gasteiger charge is 2.16. The Morgan fingerprint density at radius 3 is 2.50 bits per heavy atom. The van der Waals surface area contributed by atoms with E-state index in [1.807, 2.05) is 0 Å². The summed E-state index contributed by atoms with van der Waals surface area (Å²) in [5, 5.41) is 0. The fraction of sp³-hybridized carbons (Fsp3) is 1.00. The summed E-state index contributed by atoms with van der Waals surface area (Å²) in [4.78, 5) is 0. The zero-order valence-corrected chi connectivity index (χ0v) is 9.37. The van der Waals surface area contributed by atoms with Crippen LogP contribution in [0.15, 0.2) is 0 Å². The first-order valence-corrected chi connectivity index (χ1v) is 7.07. The van der Waals surface area contributed by atoms with Crippen molar-refractivity contribution >= 4 is 9.04 Å². The van der Waals surface area contributed by atoms with Gasteiger partial charge < -0.3 is 9.16 Å². The lowest BCUT2D eigenvalue weighted by atomic mass is 10.3. The molecule has 0 N–H and O–H groups in total. The van der Waals surface area contributed by atoms with Gasteiger partial charge in [-0.25, -0.2) is 0 Å². The van der Waals surface area contributed by atoms with Gasteiger partial charge in [0.15, 0.2) is 9.04 Å². The normalized spacial score (nSPS) is 22.5. The second kappa shape index (κ2) is 5.73. The molecule has 2 nitrogen and oxygen atoms in total. The summed E-state index contributed by atoms with van der Waals surface area (Å²) in [6.07, 6.45) is 4.50. The van der Waals surface area contributed by atoms with Gasteiger partial charge in [0.1, 0.15) is 0 Å². The van der Waals surface area contributed by atoms with E-state index in [-0.39, 0.29) is 6.10 Å². The monoisotopic (exact) mass is 188 g/mol. The molecule has 0 amide bonds. The topological polar surface area (TPSA) is 18.5 Å². The largest absolute Gasteiger partial charge is 0.417 e. The lowest BCUT2D eigenvalue weighted by Crippen LogP contribution is -2.25. The van der Waals surface area contributed by atoms with Gasteiger partial charge in [0, 0.05) is 7.11 Å². The van der Waals surface area contributed by atoms with Crippen molar-refractivity contribution in [1.82, 2.24) is 0 Å². The predicted molar refractivity (Wildman–Crippen MR) is 53.0 cm³/mol. The zero-order valence-electron chi connectivity index (χ0n) is 8.21. The van der Waals surface area contributed by atoms with E-state index in [0.29, 0.717) is 0 Å². The van der Waals surface area contributed by atoms with Gasteiger partial charge in [-0.05, 0) is 19.0 Å². The Morgan fingerprint density at radius 1 is 1.25 bits per heavy atom. The summed E-state index contributed by atoms with van der Waals surface area (Å²) >= 11 is 0. The van der Waals surface area contributed by atoms with Gasteiger partial charge >= 0.3 is 0 Å². The summed E-state index contributed by atoms with van der Waals surface area (Å²) in [6.45, 7) is 2.88. The maximum atomic E-state index is 5.85. The molecule has 1 atom stereocenters. The van der Waals surface area contributed by atoms with E-state index in [9.17, 15) is 0 Å². The van der Waals surface area contributed by atoms with Crippen molar-refractivity contribution in [3.8, 4) is 0 Å². The summed E-state index contributed by atoms with van der Waals surface area (Å²) in [5.41, 5.74) is 0. The van der Waals surface area contributed by atoms with Gasteiger partial charge in [-0.2, -0.15) is 0 Å². The van der Waals surface area contributed by atoms with Gasteiger partial charge in [-0.15, -0.1) is 0 Å². The Bertz CT molecular complexity index is 113. The van der Waals surface area contributed by atoms with Crippen molar-refractivity contribution in [3.05, 3.63) is 0 Å². The highest BCUT2D eigenvalue weighted by molar-refractivity contribution is 6.52. The molecule has 1 heterocycles. The highest BCUT2D eigenvalue weighted by Crippen LogP contribution is 2.19. The second-order valence-corrected chi connectivity index (χ2v) is 6.37. The Morgan fingerprint density at radius 2 is 1.92 bits per heavy atom. The molecule has 1 rings (SSSR count). The average Bonchev–Trinajstić information content (AvgIpc) is 2.16. The SMILES string of the molecule is COC(C)CO[SiH]1CCCCC1. The van der Waals surface area contributed by atoms with Gasteiger partial charge in [0.2, 0.25) is 0 Å². The smallest absolute Gasteiger partial charge is 0.177 e. The van der Waals surface area contributed by atoms with E-state index < -0.39 is 9.04 Å². The summed E-state index contributed by atoms with van der Waals surface area (Å²) in [5.74, 6) is 0. The van der Waals surface area contributed by atoms with E-state index in [2.05, 4.69) is 6.92 Å². The van der Waals surface area contributed by atoms with E-state index >= 15 is 0 Å². The van der Waals surface area contributed by atoms with Crippen LogP contribution in [-0.4, -0.2) is 28.9 Å². The molecule has 0 aliphatic carbocycles. The number of methoxy groups -OCH3 is 1. The van der Waals surface area contributed by atoms with E-state index in [1.54, 1.807) is 7.11 Å². The molecule has 0 radical (unpaired) electrons. The molecule has 3 heteroatoms. The standard InChI is InChI=1S/C9H20O2Si/c1-9(10-2)8-11-12-6-4-3-5-7-12/h9,12H,3-8H2,1-2H3. The van der Waals surface area contributed by atoms with Gasteiger partial charge in [0.05, 0.1) is 12.7 Å². The second-order valence-electron chi connectivity index (χ2n) is 3.64. The van der Waals surface area contributed by atoms with E-state index in [0.717, 1.165) is 6.61 Å². The van der Waals surface area contributed by atoms with Crippen LogP contribution >= 0.6 is 0 Å². The van der Waals surface area contributed by atoms with Crippen LogP contribution in [0.3, 0.4) is 0 Å². The van der Waals surface area contributed by atoms with E-state index in [4.69, 9.17) is 9.16 Å². The molecule has 12 heavy (non-hydrogen) atoms. The lowest BCUT2D eigenvalue weighted by Gasteiger charge is -2.21. The first kappa shape index (κ1) is 10.2. The van der Waals surface area contributed by atoms with E-state index in [1.165, 1.54) is 31.4 Å². The molecule has 0 saturated carbocycles. The minimum Gasteiger partial charge on any atom is -0.417 e. The van der Waals surface area contributed by atoms with Crippen LogP contribution in [0.1, 0.15) is 26.2 Å². The average molecular weight is 188 g/mol. The maximum absolute atomic E-state index is 5.85. The Kier molecular flexibility index (Phi) is 4.88. The summed E-state index contributed by atoms with van der Waals surface area (Å²) in [7, 11) is 0.970. The zero-order chi connectivity index (χ0) is 8.81. The molecule has 1 aliphatic heterocycles. The molecule has 0 spiro atoms. The van der Waals surface area contributed by atoms with Crippen molar-refractivity contribution < 1.29 is 9.16 Å². The molecule has 1 saturated heterocycles. The molecular formula is C9H20O2Si. The third-order valence-corrected chi connectivity index (χ3v) is 5.29. The van der Waals surface area contributed by atoms with Crippen LogP contribution in [0, 0.1) is 0 Å². The van der Waals surface area contributed by atoms with Gasteiger partial charge in [0.25, 0.3) is 0 Å². The van der Waals surface area contributed by atoms with Crippen LogP contribution < -0.4 is 0 Å². The number of hydrogen-bond donors (Lipinski definition) is 0. The van der Waals surface area contributed by atoms with Crippen LogP contribution in [0.4, 0.5) is 0 Å². The lowest BCUT2D eigenvalue weighted by molar-refractivity contribution is 0.0700. The highest BCUT2D eigenvalue weighted by atomic mass is 28.3. The van der Waals surface area contributed by atoms with Gasteiger partial charge in [-0.3, -0.25) is 0 Å². The third kappa shape index (κ3) is 3.69. The molecule has 0 aromatic carbocycles. The minimum atomic E-state index is -0.776. The molecule has 0 aromatic heterocycles.